The van der Waals surface area contributed by atoms with Crippen LogP contribution in [0.1, 0.15) is 22.3 Å². The normalized spacial score (nSPS) is 10.7. The Labute approximate surface area is 178 Å². The molecule has 0 bridgehead atoms. The Morgan fingerprint density at radius 3 is 2.43 bits per heavy atom. The van der Waals surface area contributed by atoms with Gasteiger partial charge >= 0.3 is 0 Å². The molecule has 3 aromatic rings. The molecule has 0 atom stereocenters. The van der Waals surface area contributed by atoms with E-state index in [0.29, 0.717) is 24.7 Å². The van der Waals surface area contributed by atoms with E-state index in [2.05, 4.69) is 36.5 Å². The molecule has 0 fully saturated rings. The lowest BCUT2D eigenvalue weighted by atomic mass is 10.1. The number of benzene rings is 3. The fourth-order valence-corrected chi connectivity index (χ4v) is 2.96. The number of ether oxygens (including phenoxy) is 2. The monoisotopic (exact) mass is 401 g/mol. The number of hydrogen-bond acceptors (Lipinski definition) is 3. The fourth-order valence-electron chi connectivity index (χ4n) is 2.96. The Morgan fingerprint density at radius 2 is 1.70 bits per heavy atom. The number of rotatable bonds is 9. The van der Waals surface area contributed by atoms with Crippen LogP contribution in [0.2, 0.25) is 0 Å². The highest BCUT2D eigenvalue weighted by molar-refractivity contribution is 5.91. The number of amides is 1. The minimum atomic E-state index is -0.121. The molecule has 30 heavy (non-hydrogen) atoms. The average molecular weight is 402 g/mol. The van der Waals surface area contributed by atoms with Crippen molar-refractivity contribution in [1.29, 1.82) is 0 Å². The molecule has 0 spiro atoms. The predicted octanol–water partition coefficient (Wildman–Crippen LogP) is 4.95. The van der Waals surface area contributed by atoms with Crippen LogP contribution < -0.4 is 14.8 Å². The van der Waals surface area contributed by atoms with Crippen molar-refractivity contribution in [2.24, 2.45) is 0 Å². The minimum absolute atomic E-state index is 0.121. The molecule has 1 N–H and O–H groups in total. The summed E-state index contributed by atoms with van der Waals surface area (Å²) in [4.78, 5) is 12.1. The summed E-state index contributed by atoms with van der Waals surface area (Å²) in [6.07, 6.45) is 4.12. The van der Waals surface area contributed by atoms with Crippen molar-refractivity contribution in [3.05, 3.63) is 101 Å². The van der Waals surface area contributed by atoms with E-state index in [1.165, 1.54) is 17.2 Å². The first kappa shape index (κ1) is 21.2. The first-order valence-corrected chi connectivity index (χ1v) is 10.0. The summed E-state index contributed by atoms with van der Waals surface area (Å²) >= 11 is 0. The molecular formula is C26H27NO3. The zero-order valence-electron chi connectivity index (χ0n) is 17.4. The summed E-state index contributed by atoms with van der Waals surface area (Å²) in [5.74, 6) is 1.18. The maximum absolute atomic E-state index is 12.1. The molecule has 0 radical (unpaired) electrons. The second kappa shape index (κ2) is 10.9. The van der Waals surface area contributed by atoms with Crippen LogP contribution in [0.4, 0.5) is 0 Å². The molecule has 3 aromatic carbocycles. The molecule has 0 aromatic heterocycles. The van der Waals surface area contributed by atoms with Gasteiger partial charge in [-0.25, -0.2) is 0 Å². The maximum Gasteiger partial charge on any atom is 0.244 e. The predicted molar refractivity (Wildman–Crippen MR) is 121 cm³/mol. The van der Waals surface area contributed by atoms with Crippen molar-refractivity contribution >= 4 is 12.0 Å². The second-order valence-electron chi connectivity index (χ2n) is 7.04. The summed E-state index contributed by atoms with van der Waals surface area (Å²) in [5.41, 5.74) is 4.37. The van der Waals surface area contributed by atoms with Gasteiger partial charge in [0, 0.05) is 12.6 Å². The molecule has 4 heteroatoms. The molecule has 1 amide bonds. The maximum atomic E-state index is 12.1. The molecule has 0 saturated heterocycles. The Bertz CT molecular complexity index is 979. The molecule has 0 aliphatic carbocycles. The molecule has 0 saturated carbocycles. The first-order chi connectivity index (χ1) is 14.6. The van der Waals surface area contributed by atoms with E-state index in [-0.39, 0.29) is 5.91 Å². The molecular weight excluding hydrogens is 374 g/mol. The van der Waals surface area contributed by atoms with E-state index in [1.54, 1.807) is 13.2 Å². The van der Waals surface area contributed by atoms with Crippen LogP contribution in [0.5, 0.6) is 11.5 Å². The van der Waals surface area contributed by atoms with Gasteiger partial charge in [-0.3, -0.25) is 4.79 Å². The van der Waals surface area contributed by atoms with Crippen molar-refractivity contribution in [3.63, 3.8) is 0 Å². The van der Waals surface area contributed by atoms with Gasteiger partial charge in [-0.2, -0.15) is 0 Å². The summed E-state index contributed by atoms with van der Waals surface area (Å²) in [6, 6.07) is 23.9. The van der Waals surface area contributed by atoms with E-state index in [0.717, 1.165) is 17.5 Å². The smallest absolute Gasteiger partial charge is 0.244 e. The Kier molecular flexibility index (Phi) is 7.67. The average Bonchev–Trinajstić information content (AvgIpc) is 2.78. The van der Waals surface area contributed by atoms with E-state index in [1.807, 2.05) is 48.5 Å². The Balaban J connectivity index is 1.56. The van der Waals surface area contributed by atoms with Crippen LogP contribution in [0.25, 0.3) is 6.08 Å². The van der Waals surface area contributed by atoms with Gasteiger partial charge in [0.15, 0.2) is 11.5 Å². The fraction of sp³-hybridized carbons (Fsp3) is 0.192. The quantitative estimate of drug-likeness (QED) is 0.516. The number of nitrogens with one attached hydrogen (secondary N) is 1. The second-order valence-corrected chi connectivity index (χ2v) is 7.04. The lowest BCUT2D eigenvalue weighted by molar-refractivity contribution is -0.116. The van der Waals surface area contributed by atoms with Crippen molar-refractivity contribution in [1.82, 2.24) is 5.32 Å². The summed E-state index contributed by atoms with van der Waals surface area (Å²) in [6.45, 7) is 3.10. The van der Waals surface area contributed by atoms with Gasteiger partial charge in [0.1, 0.15) is 6.61 Å². The molecule has 0 unspecified atom stereocenters. The minimum Gasteiger partial charge on any atom is -0.493 e. The van der Waals surface area contributed by atoms with E-state index < -0.39 is 0 Å². The first-order valence-electron chi connectivity index (χ1n) is 10.0. The number of hydrogen-bond donors (Lipinski definition) is 1. The summed E-state index contributed by atoms with van der Waals surface area (Å²) < 4.78 is 11.4. The van der Waals surface area contributed by atoms with Crippen molar-refractivity contribution in [2.45, 2.75) is 20.0 Å². The molecule has 154 valence electrons. The topological polar surface area (TPSA) is 47.6 Å². The number of carbonyl (C=O) groups is 1. The molecule has 0 aliphatic rings. The van der Waals surface area contributed by atoms with Crippen molar-refractivity contribution in [2.75, 3.05) is 13.7 Å². The largest absolute Gasteiger partial charge is 0.493 e. The van der Waals surface area contributed by atoms with E-state index in [9.17, 15) is 4.79 Å². The Morgan fingerprint density at radius 1 is 0.933 bits per heavy atom. The lowest BCUT2D eigenvalue weighted by Gasteiger charge is -2.12. The number of carbonyl (C=O) groups excluding carboxylic acids is 1. The van der Waals surface area contributed by atoms with E-state index in [4.69, 9.17) is 9.47 Å². The van der Waals surface area contributed by atoms with Crippen LogP contribution in [0.3, 0.4) is 0 Å². The lowest BCUT2D eigenvalue weighted by Crippen LogP contribution is -2.23. The van der Waals surface area contributed by atoms with Gasteiger partial charge in [-0.1, -0.05) is 66.2 Å². The van der Waals surface area contributed by atoms with Gasteiger partial charge in [-0.15, -0.1) is 0 Å². The van der Waals surface area contributed by atoms with Crippen molar-refractivity contribution in [3.8, 4) is 11.5 Å². The van der Waals surface area contributed by atoms with Crippen LogP contribution in [-0.4, -0.2) is 19.6 Å². The third kappa shape index (κ3) is 6.52. The zero-order chi connectivity index (χ0) is 21.2. The van der Waals surface area contributed by atoms with Crippen LogP contribution in [0.15, 0.2) is 78.9 Å². The summed E-state index contributed by atoms with van der Waals surface area (Å²) in [5, 5.41) is 2.91. The van der Waals surface area contributed by atoms with Crippen LogP contribution in [0, 0.1) is 6.92 Å². The molecule has 0 aliphatic heterocycles. The molecule has 0 heterocycles. The highest BCUT2D eigenvalue weighted by atomic mass is 16.5. The number of aryl methyl sites for hydroxylation is 1. The van der Waals surface area contributed by atoms with Crippen molar-refractivity contribution < 1.29 is 14.3 Å². The van der Waals surface area contributed by atoms with Gasteiger partial charge < -0.3 is 14.8 Å². The standard InChI is InChI=1S/C26H27NO3/c1-20-8-10-23(11-9-20)19-30-25-18-22(12-14-24(25)29-2)13-15-26(28)27-17-16-21-6-4-3-5-7-21/h3-15,18H,16-17,19H2,1-2H3,(H,27,28)/b15-13+. The highest BCUT2D eigenvalue weighted by Gasteiger charge is 2.06. The van der Waals surface area contributed by atoms with Gasteiger partial charge in [-0.05, 0) is 48.2 Å². The SMILES string of the molecule is COc1ccc(/C=C/C(=O)NCCc2ccccc2)cc1OCc1ccc(C)cc1. The number of methoxy groups -OCH3 is 1. The van der Waals surface area contributed by atoms with Gasteiger partial charge in [0.2, 0.25) is 5.91 Å². The Hall–Kier alpha value is -3.53. The third-order valence-electron chi connectivity index (χ3n) is 4.69. The van der Waals surface area contributed by atoms with Crippen LogP contribution >= 0.6 is 0 Å². The van der Waals surface area contributed by atoms with Crippen LogP contribution in [-0.2, 0) is 17.8 Å². The zero-order valence-corrected chi connectivity index (χ0v) is 17.4. The highest BCUT2D eigenvalue weighted by Crippen LogP contribution is 2.29. The third-order valence-corrected chi connectivity index (χ3v) is 4.69. The molecule has 4 nitrogen and oxygen atoms in total. The van der Waals surface area contributed by atoms with Gasteiger partial charge in [0.25, 0.3) is 0 Å². The molecule has 3 rings (SSSR count). The van der Waals surface area contributed by atoms with E-state index >= 15 is 0 Å². The summed E-state index contributed by atoms with van der Waals surface area (Å²) in [7, 11) is 1.61. The van der Waals surface area contributed by atoms with Gasteiger partial charge in [0.05, 0.1) is 7.11 Å².